The van der Waals surface area contributed by atoms with E-state index >= 15 is 0 Å². The number of nitrogens with one attached hydrogen (secondary N) is 1. The van der Waals surface area contributed by atoms with Crippen molar-refractivity contribution in [1.29, 1.82) is 0 Å². The van der Waals surface area contributed by atoms with Crippen LogP contribution in [0.2, 0.25) is 0 Å². The number of sulfone groups is 1. The molecule has 0 aliphatic rings. The van der Waals surface area contributed by atoms with Gasteiger partial charge in [0.25, 0.3) is 0 Å². The van der Waals surface area contributed by atoms with Crippen LogP contribution in [-0.4, -0.2) is 18.9 Å². The minimum atomic E-state index is -3.73. The largest absolute Gasteiger partial charge is 0.331 e. The van der Waals surface area contributed by atoms with Gasteiger partial charge in [-0.25, -0.2) is 8.42 Å². The van der Waals surface area contributed by atoms with E-state index in [0.717, 1.165) is 18.5 Å². The number of nitrogens with zero attached hydrogens (tertiary/aromatic N) is 1. The van der Waals surface area contributed by atoms with Crippen molar-refractivity contribution >= 4 is 21.6 Å². The summed E-state index contributed by atoms with van der Waals surface area (Å²) in [7, 11) is -3.73. The smallest absolute Gasteiger partial charge is 0.228 e. The summed E-state index contributed by atoms with van der Waals surface area (Å²) in [4.78, 5) is 12.8. The third kappa shape index (κ3) is 3.85. The highest BCUT2D eigenvalue weighted by molar-refractivity contribution is 7.91. The quantitative estimate of drug-likeness (QED) is 0.782. The van der Waals surface area contributed by atoms with Crippen molar-refractivity contribution in [1.82, 2.24) is 4.57 Å². The van der Waals surface area contributed by atoms with Crippen LogP contribution in [0, 0.1) is 19.8 Å². The summed E-state index contributed by atoms with van der Waals surface area (Å²) < 4.78 is 28.5. The predicted molar refractivity (Wildman–Crippen MR) is 104 cm³/mol. The minimum absolute atomic E-state index is 0.190. The van der Waals surface area contributed by atoms with Crippen molar-refractivity contribution in [2.45, 2.75) is 63.8 Å². The van der Waals surface area contributed by atoms with E-state index in [1.807, 2.05) is 11.5 Å². The Morgan fingerprint density at radius 1 is 1.15 bits per heavy atom. The summed E-state index contributed by atoms with van der Waals surface area (Å²) in [6, 6.07) is 8.36. The van der Waals surface area contributed by atoms with E-state index < -0.39 is 9.84 Å². The fourth-order valence-electron chi connectivity index (χ4n) is 2.86. The first kappa shape index (κ1) is 20.2. The van der Waals surface area contributed by atoms with Crippen molar-refractivity contribution in [3.8, 4) is 0 Å². The summed E-state index contributed by atoms with van der Waals surface area (Å²) in [6.07, 6.45) is 1.89. The number of amides is 1. The maximum Gasteiger partial charge on any atom is 0.228 e. The summed E-state index contributed by atoms with van der Waals surface area (Å²) in [6.45, 7) is 10.0. The number of rotatable bonds is 7. The molecule has 0 radical (unpaired) electrons. The third-order valence-electron chi connectivity index (χ3n) is 4.60. The lowest BCUT2D eigenvalue weighted by molar-refractivity contribution is -0.118. The molecule has 1 heterocycles. The lowest BCUT2D eigenvalue weighted by atomic mass is 10.2. The molecule has 0 atom stereocenters. The molecule has 0 fully saturated rings. The topological polar surface area (TPSA) is 68.2 Å². The zero-order valence-corrected chi connectivity index (χ0v) is 17.0. The van der Waals surface area contributed by atoms with Gasteiger partial charge in [0.05, 0.1) is 4.90 Å². The van der Waals surface area contributed by atoms with E-state index in [0.29, 0.717) is 17.9 Å². The lowest BCUT2D eigenvalue weighted by Crippen LogP contribution is -2.22. The molecular formula is C20H28N2O3S. The van der Waals surface area contributed by atoms with Crippen molar-refractivity contribution < 1.29 is 13.2 Å². The van der Waals surface area contributed by atoms with Gasteiger partial charge >= 0.3 is 0 Å². The Labute approximate surface area is 156 Å². The molecule has 0 aliphatic heterocycles. The molecule has 0 aliphatic carbocycles. The Morgan fingerprint density at radius 2 is 1.77 bits per heavy atom. The van der Waals surface area contributed by atoms with Crippen molar-refractivity contribution in [3.63, 3.8) is 0 Å². The predicted octanol–water partition coefficient (Wildman–Crippen LogP) is 4.33. The lowest BCUT2D eigenvalue weighted by Gasteiger charge is -2.15. The third-order valence-corrected chi connectivity index (χ3v) is 6.53. The van der Waals surface area contributed by atoms with Gasteiger partial charge in [-0.2, -0.15) is 0 Å². The SMILES string of the molecule is CCCCn1c(C)c(C)c(S(=O)(=O)c2ccccc2)c1NC(=O)C(C)C. The monoisotopic (exact) mass is 376 g/mol. The molecule has 142 valence electrons. The van der Waals surface area contributed by atoms with Crippen LogP contribution in [0.15, 0.2) is 40.1 Å². The van der Waals surface area contributed by atoms with Crippen molar-refractivity contribution in [2.75, 3.05) is 5.32 Å². The van der Waals surface area contributed by atoms with Gasteiger partial charge in [0.15, 0.2) is 0 Å². The zero-order chi connectivity index (χ0) is 19.5. The van der Waals surface area contributed by atoms with E-state index in [-0.39, 0.29) is 21.6 Å². The van der Waals surface area contributed by atoms with Gasteiger partial charge in [0.1, 0.15) is 10.7 Å². The van der Waals surface area contributed by atoms with Crippen LogP contribution in [0.5, 0.6) is 0 Å². The van der Waals surface area contributed by atoms with Crippen LogP contribution in [0.4, 0.5) is 5.82 Å². The second-order valence-electron chi connectivity index (χ2n) is 6.85. The van der Waals surface area contributed by atoms with Gasteiger partial charge in [-0.05, 0) is 38.0 Å². The maximum atomic E-state index is 13.3. The maximum absolute atomic E-state index is 13.3. The number of carbonyl (C=O) groups is 1. The van der Waals surface area contributed by atoms with Gasteiger partial charge in [0.2, 0.25) is 15.7 Å². The van der Waals surface area contributed by atoms with E-state index in [4.69, 9.17) is 0 Å². The highest BCUT2D eigenvalue weighted by atomic mass is 32.2. The number of anilines is 1. The number of benzene rings is 1. The molecule has 0 spiro atoms. The molecule has 6 heteroatoms. The molecule has 0 bridgehead atoms. The van der Waals surface area contributed by atoms with Crippen LogP contribution >= 0.6 is 0 Å². The van der Waals surface area contributed by atoms with Gasteiger partial charge in [-0.3, -0.25) is 4.79 Å². The van der Waals surface area contributed by atoms with Crippen LogP contribution in [0.3, 0.4) is 0 Å². The number of hydrogen-bond acceptors (Lipinski definition) is 3. The van der Waals surface area contributed by atoms with Gasteiger partial charge in [-0.15, -0.1) is 0 Å². The molecule has 2 aromatic rings. The fourth-order valence-corrected chi connectivity index (χ4v) is 4.58. The molecule has 0 saturated carbocycles. The highest BCUT2D eigenvalue weighted by Gasteiger charge is 2.30. The standard InChI is InChI=1S/C20H28N2O3S/c1-6-7-13-22-16(5)15(4)18(19(22)21-20(23)14(2)3)26(24,25)17-11-9-8-10-12-17/h8-12,14H,6-7,13H2,1-5H3,(H,21,23). The molecule has 0 saturated heterocycles. The first-order valence-electron chi connectivity index (χ1n) is 9.02. The molecule has 1 aromatic heterocycles. The Hall–Kier alpha value is -2.08. The fraction of sp³-hybridized carbons (Fsp3) is 0.450. The van der Waals surface area contributed by atoms with E-state index in [1.165, 1.54) is 0 Å². The number of aromatic nitrogens is 1. The van der Waals surface area contributed by atoms with Crippen molar-refractivity contribution in [2.24, 2.45) is 5.92 Å². The minimum Gasteiger partial charge on any atom is -0.331 e. The molecule has 5 nitrogen and oxygen atoms in total. The van der Waals surface area contributed by atoms with Crippen LogP contribution in [-0.2, 0) is 21.2 Å². The molecule has 0 unspecified atom stereocenters. The van der Waals surface area contributed by atoms with Crippen LogP contribution in [0.25, 0.3) is 0 Å². The molecular weight excluding hydrogens is 348 g/mol. The number of carbonyl (C=O) groups excluding carboxylic acids is 1. The summed E-state index contributed by atoms with van der Waals surface area (Å²) in [5.41, 5.74) is 1.55. The normalized spacial score (nSPS) is 11.8. The summed E-state index contributed by atoms with van der Waals surface area (Å²) >= 11 is 0. The second-order valence-corrected chi connectivity index (χ2v) is 8.74. The Morgan fingerprint density at radius 3 is 2.31 bits per heavy atom. The Bertz CT molecular complexity index is 882. The number of hydrogen-bond donors (Lipinski definition) is 1. The van der Waals surface area contributed by atoms with E-state index in [2.05, 4.69) is 12.2 Å². The van der Waals surface area contributed by atoms with E-state index in [1.54, 1.807) is 51.1 Å². The number of unbranched alkanes of at least 4 members (excludes halogenated alkanes) is 1. The van der Waals surface area contributed by atoms with Crippen LogP contribution in [0.1, 0.15) is 44.9 Å². The van der Waals surface area contributed by atoms with Gasteiger partial charge in [-0.1, -0.05) is 45.4 Å². The van der Waals surface area contributed by atoms with Gasteiger partial charge in [0, 0.05) is 18.2 Å². The average Bonchev–Trinajstić information content (AvgIpc) is 2.84. The van der Waals surface area contributed by atoms with Crippen molar-refractivity contribution in [3.05, 3.63) is 41.6 Å². The molecule has 26 heavy (non-hydrogen) atoms. The van der Waals surface area contributed by atoms with Gasteiger partial charge < -0.3 is 9.88 Å². The Balaban J connectivity index is 2.69. The second kappa shape index (κ2) is 8.08. The molecule has 1 amide bonds. The summed E-state index contributed by atoms with van der Waals surface area (Å²) in [5.74, 6) is -0.0434. The zero-order valence-electron chi connectivity index (χ0n) is 16.2. The molecule has 1 aromatic carbocycles. The molecule has 1 N–H and O–H groups in total. The average molecular weight is 377 g/mol. The highest BCUT2D eigenvalue weighted by Crippen LogP contribution is 2.35. The first-order chi connectivity index (χ1) is 12.2. The van der Waals surface area contributed by atoms with E-state index in [9.17, 15) is 13.2 Å². The van der Waals surface area contributed by atoms with Crippen LogP contribution < -0.4 is 5.32 Å². The summed E-state index contributed by atoms with van der Waals surface area (Å²) in [5, 5.41) is 2.87. The first-order valence-corrected chi connectivity index (χ1v) is 10.5. The molecule has 2 rings (SSSR count). The Kier molecular flexibility index (Phi) is 6.29.